The molecule has 0 bridgehead atoms. The highest BCUT2D eigenvalue weighted by Crippen LogP contribution is 2.34. The lowest BCUT2D eigenvalue weighted by Crippen LogP contribution is -2.31. The molecule has 0 radical (unpaired) electrons. The Morgan fingerprint density at radius 3 is 2.23 bits per heavy atom. The molecule has 1 aliphatic heterocycles. The number of sulfone groups is 1. The second-order valence-corrected chi connectivity index (χ2v) is 9.20. The van der Waals surface area contributed by atoms with Crippen molar-refractivity contribution in [3.63, 3.8) is 0 Å². The second kappa shape index (κ2) is 8.99. The summed E-state index contributed by atoms with van der Waals surface area (Å²) in [6, 6.07) is 9.61. The van der Waals surface area contributed by atoms with Gasteiger partial charge >= 0.3 is 5.76 Å². The van der Waals surface area contributed by atoms with Crippen LogP contribution < -0.4 is 14.8 Å². The minimum absolute atomic E-state index is 0.0391. The third-order valence-corrected chi connectivity index (χ3v) is 6.16. The molecular formula is C21H23F2NO5S. The average Bonchev–Trinajstić information content (AvgIpc) is 2.96. The zero-order valence-corrected chi connectivity index (χ0v) is 17.4. The smallest absolute Gasteiger partial charge is 0.341 e. The number of alkyl halides is 2. The highest BCUT2D eigenvalue weighted by atomic mass is 32.2. The standard InChI is InChI=1S/C21H23F2NO5S/c1-13(2)19(15-6-9-17-18(12-15)29-11-3-10-28-17)24-20(25)14-4-7-16(8-5-14)30(26,27)21(22)23/h4-9,12-13,19,21H,3,10-11H2,1-2H3,(H,24,25). The number of carbonyl (C=O) groups excluding carboxylic acids is 1. The van der Waals surface area contributed by atoms with Crippen LogP contribution in [0.25, 0.3) is 0 Å². The minimum atomic E-state index is -4.70. The van der Waals surface area contributed by atoms with E-state index in [-0.39, 0.29) is 17.5 Å². The molecule has 0 aromatic heterocycles. The van der Waals surface area contributed by atoms with E-state index in [9.17, 15) is 22.0 Å². The predicted octanol–water partition coefficient (Wildman–Crippen LogP) is 3.97. The fourth-order valence-electron chi connectivity index (χ4n) is 3.13. The Morgan fingerprint density at radius 1 is 1.00 bits per heavy atom. The Labute approximate surface area is 174 Å². The van der Waals surface area contributed by atoms with E-state index in [1.807, 2.05) is 32.0 Å². The topological polar surface area (TPSA) is 81.7 Å². The van der Waals surface area contributed by atoms with E-state index in [0.717, 1.165) is 24.1 Å². The Balaban J connectivity index is 1.80. The summed E-state index contributed by atoms with van der Waals surface area (Å²) in [4.78, 5) is 12.2. The van der Waals surface area contributed by atoms with Gasteiger partial charge in [0.05, 0.1) is 24.2 Å². The van der Waals surface area contributed by atoms with Gasteiger partial charge in [0.1, 0.15) is 0 Å². The molecule has 30 heavy (non-hydrogen) atoms. The third kappa shape index (κ3) is 4.72. The van der Waals surface area contributed by atoms with Gasteiger partial charge in [0.15, 0.2) is 11.5 Å². The first-order valence-corrected chi connectivity index (χ1v) is 11.1. The molecule has 3 rings (SSSR count). The molecule has 1 heterocycles. The number of halogens is 2. The van der Waals surface area contributed by atoms with Crippen molar-refractivity contribution in [2.24, 2.45) is 5.92 Å². The van der Waals surface area contributed by atoms with Gasteiger partial charge in [-0.05, 0) is 47.9 Å². The monoisotopic (exact) mass is 439 g/mol. The van der Waals surface area contributed by atoms with E-state index < -0.39 is 26.4 Å². The van der Waals surface area contributed by atoms with Crippen molar-refractivity contribution in [3.05, 3.63) is 53.6 Å². The van der Waals surface area contributed by atoms with Crippen LogP contribution in [0.1, 0.15) is 42.2 Å². The van der Waals surface area contributed by atoms with Gasteiger partial charge in [-0.15, -0.1) is 0 Å². The first kappa shape index (κ1) is 22.0. The average molecular weight is 439 g/mol. The molecule has 0 saturated carbocycles. The third-order valence-electron chi connectivity index (χ3n) is 4.76. The van der Waals surface area contributed by atoms with E-state index in [1.54, 1.807) is 0 Å². The molecule has 0 spiro atoms. The number of carbonyl (C=O) groups is 1. The highest BCUT2D eigenvalue weighted by Gasteiger charge is 2.27. The summed E-state index contributed by atoms with van der Waals surface area (Å²) < 4.78 is 59.8. The largest absolute Gasteiger partial charge is 0.490 e. The molecule has 1 amide bonds. The lowest BCUT2D eigenvalue weighted by atomic mass is 9.95. The van der Waals surface area contributed by atoms with Crippen molar-refractivity contribution in [2.45, 2.75) is 37.0 Å². The van der Waals surface area contributed by atoms with Crippen LogP contribution in [0.2, 0.25) is 0 Å². The van der Waals surface area contributed by atoms with Gasteiger partial charge in [-0.25, -0.2) is 8.42 Å². The maximum absolute atomic E-state index is 12.7. The number of amides is 1. The van der Waals surface area contributed by atoms with Gasteiger partial charge in [0.2, 0.25) is 9.84 Å². The highest BCUT2D eigenvalue weighted by molar-refractivity contribution is 7.91. The summed E-state index contributed by atoms with van der Waals surface area (Å²) in [5, 5.41) is 2.92. The Kier molecular flexibility index (Phi) is 6.60. The molecule has 9 heteroatoms. The number of fused-ring (bicyclic) bond motifs is 1. The number of ether oxygens (including phenoxy) is 2. The van der Waals surface area contributed by atoms with Crippen molar-refractivity contribution < 1.29 is 31.5 Å². The maximum atomic E-state index is 12.7. The maximum Gasteiger partial charge on any atom is 0.341 e. The van der Waals surface area contributed by atoms with Crippen LogP contribution in [0.15, 0.2) is 47.4 Å². The molecule has 2 aromatic carbocycles. The molecule has 6 nitrogen and oxygen atoms in total. The molecule has 2 aromatic rings. The number of hydrogen-bond acceptors (Lipinski definition) is 5. The summed E-state index contributed by atoms with van der Waals surface area (Å²) in [5.41, 5.74) is 1.00. The van der Waals surface area contributed by atoms with Gasteiger partial charge in [-0.1, -0.05) is 19.9 Å². The second-order valence-electron chi connectivity index (χ2n) is 7.28. The zero-order chi connectivity index (χ0) is 21.9. The van der Waals surface area contributed by atoms with Crippen LogP contribution >= 0.6 is 0 Å². The predicted molar refractivity (Wildman–Crippen MR) is 107 cm³/mol. The molecule has 0 fully saturated rings. The Hall–Kier alpha value is -2.68. The molecule has 1 unspecified atom stereocenters. The number of benzene rings is 2. The molecular weight excluding hydrogens is 416 g/mol. The van der Waals surface area contributed by atoms with Crippen LogP contribution in [0.5, 0.6) is 11.5 Å². The van der Waals surface area contributed by atoms with Crippen LogP contribution in [0, 0.1) is 5.92 Å². The van der Waals surface area contributed by atoms with Crippen LogP contribution in [0.4, 0.5) is 8.78 Å². The molecule has 1 aliphatic rings. The van der Waals surface area contributed by atoms with Gasteiger partial charge in [0, 0.05) is 12.0 Å². The van der Waals surface area contributed by atoms with E-state index in [4.69, 9.17) is 9.47 Å². The lowest BCUT2D eigenvalue weighted by molar-refractivity contribution is 0.0925. The van der Waals surface area contributed by atoms with Gasteiger partial charge < -0.3 is 14.8 Å². The summed E-state index contributed by atoms with van der Waals surface area (Å²) >= 11 is 0. The van der Waals surface area contributed by atoms with Crippen LogP contribution in [0.3, 0.4) is 0 Å². The van der Waals surface area contributed by atoms with Crippen LogP contribution in [-0.4, -0.2) is 33.3 Å². The van der Waals surface area contributed by atoms with Crippen molar-refractivity contribution in [1.82, 2.24) is 5.32 Å². The summed E-state index contributed by atoms with van der Waals surface area (Å²) in [6.07, 6.45) is 0.783. The summed E-state index contributed by atoms with van der Waals surface area (Å²) in [6.45, 7) is 5.02. The quantitative estimate of drug-likeness (QED) is 0.737. The van der Waals surface area contributed by atoms with Crippen molar-refractivity contribution in [2.75, 3.05) is 13.2 Å². The first-order chi connectivity index (χ1) is 14.2. The Bertz CT molecular complexity index is 1010. The number of rotatable bonds is 6. The van der Waals surface area contributed by atoms with Crippen LogP contribution in [-0.2, 0) is 9.84 Å². The van der Waals surface area contributed by atoms with Crippen molar-refractivity contribution >= 4 is 15.7 Å². The van der Waals surface area contributed by atoms with E-state index >= 15 is 0 Å². The molecule has 0 aliphatic carbocycles. The first-order valence-electron chi connectivity index (χ1n) is 9.52. The number of nitrogens with one attached hydrogen (secondary N) is 1. The summed E-state index contributed by atoms with van der Waals surface area (Å²) in [7, 11) is -4.70. The SMILES string of the molecule is CC(C)C(NC(=O)c1ccc(S(=O)(=O)C(F)F)cc1)c1ccc2c(c1)OCCCO2. The normalized spacial score (nSPS) is 15.0. The number of hydrogen-bond donors (Lipinski definition) is 1. The molecule has 1 atom stereocenters. The van der Waals surface area contributed by atoms with Crippen molar-refractivity contribution in [3.8, 4) is 11.5 Å². The fraction of sp³-hybridized carbons (Fsp3) is 0.381. The summed E-state index contributed by atoms with van der Waals surface area (Å²) in [5.74, 6) is -2.65. The minimum Gasteiger partial charge on any atom is -0.490 e. The van der Waals surface area contributed by atoms with Gasteiger partial charge in [0.25, 0.3) is 5.91 Å². The molecule has 1 N–H and O–H groups in total. The van der Waals surface area contributed by atoms with Gasteiger partial charge in [-0.3, -0.25) is 4.79 Å². The fourth-order valence-corrected chi connectivity index (χ4v) is 3.85. The van der Waals surface area contributed by atoms with Crippen molar-refractivity contribution in [1.29, 1.82) is 0 Å². The molecule has 162 valence electrons. The zero-order valence-electron chi connectivity index (χ0n) is 16.6. The van der Waals surface area contributed by atoms with Gasteiger partial charge in [-0.2, -0.15) is 8.78 Å². The van der Waals surface area contributed by atoms with E-state index in [0.29, 0.717) is 24.7 Å². The Morgan fingerprint density at radius 2 is 1.63 bits per heavy atom. The molecule has 0 saturated heterocycles. The van der Waals surface area contributed by atoms with E-state index in [1.165, 1.54) is 12.1 Å². The van der Waals surface area contributed by atoms with E-state index in [2.05, 4.69) is 5.32 Å². The lowest BCUT2D eigenvalue weighted by Gasteiger charge is -2.24.